The van der Waals surface area contributed by atoms with Crippen LogP contribution in [0.4, 0.5) is 0 Å². The van der Waals surface area contributed by atoms with Crippen LogP contribution in [0.3, 0.4) is 0 Å². The van der Waals surface area contributed by atoms with Crippen LogP contribution in [0.5, 0.6) is 5.75 Å². The molecule has 0 saturated heterocycles. The molecule has 6 nitrogen and oxygen atoms in total. The van der Waals surface area contributed by atoms with Crippen molar-refractivity contribution in [1.82, 2.24) is 9.99 Å². The smallest absolute Gasteiger partial charge is 0.276 e. The molecule has 0 unspecified atom stereocenters. The van der Waals surface area contributed by atoms with E-state index in [-0.39, 0.29) is 12.1 Å². The Labute approximate surface area is 183 Å². The van der Waals surface area contributed by atoms with Gasteiger partial charge in [-0.05, 0) is 54.4 Å². The molecule has 8 heteroatoms. The molecule has 2 aromatic carbocycles. The van der Waals surface area contributed by atoms with Gasteiger partial charge in [-0.2, -0.15) is 5.10 Å². The Balaban J connectivity index is 1.71. The highest BCUT2D eigenvalue weighted by Crippen LogP contribution is 2.24. The zero-order valence-corrected chi connectivity index (χ0v) is 17.7. The summed E-state index contributed by atoms with van der Waals surface area (Å²) in [5.74, 6) is -0.0366. The van der Waals surface area contributed by atoms with Crippen LogP contribution in [0.2, 0.25) is 10.0 Å². The molecular weight excluding hydrogens is 425 g/mol. The summed E-state index contributed by atoms with van der Waals surface area (Å²) in [5.41, 5.74) is 3.36. The van der Waals surface area contributed by atoms with Crippen LogP contribution in [0.25, 0.3) is 0 Å². The van der Waals surface area contributed by atoms with Gasteiger partial charge in [-0.15, -0.1) is 0 Å². The van der Waals surface area contributed by atoms with E-state index in [0.717, 1.165) is 5.56 Å². The minimum atomic E-state index is -0.609. The summed E-state index contributed by atoms with van der Waals surface area (Å²) in [6.07, 6.45) is 3.04. The van der Waals surface area contributed by atoms with Crippen molar-refractivity contribution in [3.8, 4) is 5.75 Å². The van der Waals surface area contributed by atoms with Crippen LogP contribution < -0.4 is 15.7 Å². The number of carbonyl (C=O) groups excluding carboxylic acids is 1. The number of pyridine rings is 1. The predicted molar refractivity (Wildman–Crippen MR) is 119 cm³/mol. The number of aromatic nitrogens is 1. The number of hydrazone groups is 1. The third-order valence-electron chi connectivity index (χ3n) is 4.20. The molecule has 0 bridgehead atoms. The molecule has 0 atom stereocenters. The Bertz CT molecular complexity index is 1140. The van der Waals surface area contributed by atoms with E-state index in [1.807, 2.05) is 25.1 Å². The predicted octanol–water partition coefficient (Wildman–Crippen LogP) is 4.37. The van der Waals surface area contributed by atoms with Crippen molar-refractivity contribution in [2.24, 2.45) is 5.10 Å². The van der Waals surface area contributed by atoms with Crippen LogP contribution in [0.1, 0.15) is 28.4 Å². The monoisotopic (exact) mass is 443 g/mol. The first-order valence-corrected chi connectivity index (χ1v) is 9.93. The first kappa shape index (κ1) is 21.6. The lowest BCUT2D eigenvalue weighted by Gasteiger charge is -2.09. The van der Waals surface area contributed by atoms with Crippen molar-refractivity contribution in [1.29, 1.82) is 0 Å². The minimum absolute atomic E-state index is 0.0218. The number of halogens is 2. The number of hydrogen-bond donors (Lipinski definition) is 1. The molecule has 0 aliphatic rings. The standard InChI is InChI=1S/C22H19Cl2N3O3/c1-2-30-20-10-9-15(12-19(20)24)13-25-26-21(28)17-7-5-11-27(22(17)29)14-16-6-3-4-8-18(16)23/h3-13H,2,14H2,1H3,(H,26,28)/b25-13-. The van der Waals surface area contributed by atoms with E-state index in [2.05, 4.69) is 10.5 Å². The minimum Gasteiger partial charge on any atom is -0.492 e. The number of benzene rings is 2. The average molecular weight is 444 g/mol. The molecule has 0 aliphatic heterocycles. The fourth-order valence-electron chi connectivity index (χ4n) is 2.74. The van der Waals surface area contributed by atoms with E-state index in [1.165, 1.54) is 16.8 Å². The highest BCUT2D eigenvalue weighted by molar-refractivity contribution is 6.32. The van der Waals surface area contributed by atoms with Gasteiger partial charge in [-0.3, -0.25) is 9.59 Å². The van der Waals surface area contributed by atoms with Gasteiger partial charge in [-0.1, -0.05) is 41.4 Å². The lowest BCUT2D eigenvalue weighted by Crippen LogP contribution is -2.30. The van der Waals surface area contributed by atoms with E-state index >= 15 is 0 Å². The number of carbonyl (C=O) groups is 1. The van der Waals surface area contributed by atoms with Gasteiger partial charge < -0.3 is 9.30 Å². The maximum Gasteiger partial charge on any atom is 0.276 e. The molecule has 0 saturated carbocycles. The second kappa shape index (κ2) is 10.1. The topological polar surface area (TPSA) is 72.7 Å². The summed E-state index contributed by atoms with van der Waals surface area (Å²) in [6, 6.07) is 15.5. The molecule has 1 heterocycles. The van der Waals surface area contributed by atoms with E-state index in [0.29, 0.717) is 28.0 Å². The first-order valence-electron chi connectivity index (χ1n) is 9.18. The highest BCUT2D eigenvalue weighted by Gasteiger charge is 2.12. The van der Waals surface area contributed by atoms with Gasteiger partial charge in [0.05, 0.1) is 24.4 Å². The van der Waals surface area contributed by atoms with E-state index in [9.17, 15) is 9.59 Å². The van der Waals surface area contributed by atoms with Crippen molar-refractivity contribution >= 4 is 35.3 Å². The molecule has 0 radical (unpaired) electrons. The summed E-state index contributed by atoms with van der Waals surface area (Å²) >= 11 is 12.3. The van der Waals surface area contributed by atoms with Crippen molar-refractivity contribution < 1.29 is 9.53 Å². The third-order valence-corrected chi connectivity index (χ3v) is 4.86. The fourth-order valence-corrected chi connectivity index (χ4v) is 3.18. The molecule has 0 spiro atoms. The van der Waals surface area contributed by atoms with Crippen LogP contribution in [0.15, 0.2) is 70.7 Å². The second-order valence-electron chi connectivity index (χ2n) is 6.27. The summed E-state index contributed by atoms with van der Waals surface area (Å²) < 4.78 is 6.80. The molecule has 0 aliphatic carbocycles. The lowest BCUT2D eigenvalue weighted by atomic mass is 10.2. The zero-order chi connectivity index (χ0) is 21.5. The van der Waals surface area contributed by atoms with Crippen molar-refractivity contribution in [3.63, 3.8) is 0 Å². The fraction of sp³-hybridized carbons (Fsp3) is 0.136. The average Bonchev–Trinajstić information content (AvgIpc) is 2.73. The Morgan fingerprint density at radius 2 is 1.93 bits per heavy atom. The molecule has 30 heavy (non-hydrogen) atoms. The zero-order valence-electron chi connectivity index (χ0n) is 16.1. The Morgan fingerprint density at radius 1 is 1.13 bits per heavy atom. The molecule has 1 N–H and O–H groups in total. The van der Waals surface area contributed by atoms with Crippen molar-refractivity contribution in [3.05, 3.63) is 97.9 Å². The second-order valence-corrected chi connectivity index (χ2v) is 7.08. The van der Waals surface area contributed by atoms with Gasteiger partial charge >= 0.3 is 0 Å². The Morgan fingerprint density at radius 3 is 2.67 bits per heavy atom. The molecule has 3 aromatic rings. The normalized spacial score (nSPS) is 10.9. The van der Waals surface area contributed by atoms with Crippen LogP contribution >= 0.6 is 23.2 Å². The quantitative estimate of drug-likeness (QED) is 0.435. The van der Waals surface area contributed by atoms with Crippen molar-refractivity contribution in [2.45, 2.75) is 13.5 Å². The summed E-state index contributed by atoms with van der Waals surface area (Å²) in [4.78, 5) is 25.1. The van der Waals surface area contributed by atoms with E-state index < -0.39 is 11.5 Å². The van der Waals surface area contributed by atoms with Crippen LogP contribution in [0, 0.1) is 0 Å². The van der Waals surface area contributed by atoms with Gasteiger partial charge in [0, 0.05) is 11.2 Å². The molecule has 1 aromatic heterocycles. The first-order chi connectivity index (χ1) is 14.5. The largest absolute Gasteiger partial charge is 0.492 e. The summed E-state index contributed by atoms with van der Waals surface area (Å²) in [5, 5.41) is 4.91. The van der Waals surface area contributed by atoms with Gasteiger partial charge in [-0.25, -0.2) is 5.43 Å². The number of rotatable bonds is 7. The molecule has 0 fully saturated rings. The molecule has 154 valence electrons. The molecular formula is C22H19Cl2N3O3. The van der Waals surface area contributed by atoms with Crippen LogP contribution in [-0.4, -0.2) is 23.3 Å². The van der Waals surface area contributed by atoms with Gasteiger partial charge in [0.15, 0.2) is 0 Å². The maximum atomic E-state index is 12.7. The number of nitrogens with zero attached hydrogens (tertiary/aromatic N) is 2. The summed E-state index contributed by atoms with van der Waals surface area (Å²) in [6.45, 7) is 2.63. The van der Waals surface area contributed by atoms with Gasteiger partial charge in [0.1, 0.15) is 11.3 Å². The number of nitrogens with one attached hydrogen (secondary N) is 1. The highest BCUT2D eigenvalue weighted by atomic mass is 35.5. The lowest BCUT2D eigenvalue weighted by molar-refractivity contribution is 0.0953. The Kier molecular flexibility index (Phi) is 7.27. The molecule has 3 rings (SSSR count). The SMILES string of the molecule is CCOc1ccc(/C=N\NC(=O)c2cccn(Cc3ccccc3Cl)c2=O)cc1Cl. The third kappa shape index (κ3) is 5.28. The van der Waals surface area contributed by atoms with Gasteiger partial charge in [0.25, 0.3) is 11.5 Å². The van der Waals surface area contributed by atoms with Gasteiger partial charge in [0.2, 0.25) is 0 Å². The van der Waals surface area contributed by atoms with Crippen LogP contribution in [-0.2, 0) is 6.54 Å². The summed E-state index contributed by atoms with van der Waals surface area (Å²) in [7, 11) is 0. The van der Waals surface area contributed by atoms with Crippen molar-refractivity contribution in [2.75, 3.05) is 6.61 Å². The molecule has 1 amide bonds. The maximum absolute atomic E-state index is 12.7. The number of ether oxygens (including phenoxy) is 1. The number of hydrogen-bond acceptors (Lipinski definition) is 4. The van der Waals surface area contributed by atoms with E-state index in [1.54, 1.807) is 36.5 Å². The Hall–Kier alpha value is -3.09. The number of amides is 1. The van der Waals surface area contributed by atoms with E-state index in [4.69, 9.17) is 27.9 Å².